The third-order valence-electron chi connectivity index (χ3n) is 7.31. The molecule has 3 heterocycles. The Balaban J connectivity index is 1.44. The highest BCUT2D eigenvalue weighted by atomic mass is 19.4. The van der Waals surface area contributed by atoms with E-state index in [4.69, 9.17) is 15.6 Å². The fourth-order valence-corrected chi connectivity index (χ4v) is 5.32. The first kappa shape index (κ1) is 29.2. The minimum Gasteiger partial charge on any atom is -0.495 e. The van der Waals surface area contributed by atoms with Crippen molar-refractivity contribution in [2.24, 2.45) is 5.92 Å². The maximum absolute atomic E-state index is 14.4. The number of aromatic nitrogens is 4. The number of hydrogen-bond donors (Lipinski definition) is 2. The van der Waals surface area contributed by atoms with Crippen LogP contribution in [0.25, 0.3) is 22.3 Å². The zero-order valence-electron chi connectivity index (χ0n) is 23.4. The number of anilines is 2. The second-order valence-electron chi connectivity index (χ2n) is 10.7. The summed E-state index contributed by atoms with van der Waals surface area (Å²) < 4.78 is 60.5. The molecule has 1 fully saturated rings. The van der Waals surface area contributed by atoms with Crippen LogP contribution in [0.2, 0.25) is 0 Å². The number of rotatable bonds is 7. The monoisotopic (exact) mass is 585 g/mol. The molecule has 42 heavy (non-hydrogen) atoms. The highest BCUT2D eigenvalue weighted by Gasteiger charge is 2.32. The van der Waals surface area contributed by atoms with E-state index in [-0.39, 0.29) is 29.4 Å². The van der Waals surface area contributed by atoms with Gasteiger partial charge in [0.2, 0.25) is 0 Å². The van der Waals surface area contributed by atoms with Gasteiger partial charge in [-0.1, -0.05) is 19.9 Å². The molecule has 0 unspecified atom stereocenters. The number of hydrogen-bond acceptors (Lipinski definition) is 7. The van der Waals surface area contributed by atoms with E-state index < -0.39 is 29.0 Å². The predicted octanol–water partition coefficient (Wildman–Crippen LogP) is 5.79. The first-order chi connectivity index (χ1) is 20.0. The topological polar surface area (TPSA) is 111 Å². The van der Waals surface area contributed by atoms with Crippen molar-refractivity contribution >= 4 is 28.4 Å². The molecule has 0 radical (unpaired) electrons. The van der Waals surface area contributed by atoms with Crippen LogP contribution >= 0.6 is 0 Å². The van der Waals surface area contributed by atoms with Crippen molar-refractivity contribution in [1.29, 1.82) is 0 Å². The number of fused-ring (bicyclic) bond motifs is 1. The van der Waals surface area contributed by atoms with Crippen LogP contribution in [0.1, 0.15) is 48.7 Å². The van der Waals surface area contributed by atoms with Crippen molar-refractivity contribution in [2.45, 2.75) is 38.9 Å². The molecule has 1 saturated heterocycles. The molecule has 1 amide bonds. The number of amides is 1. The van der Waals surface area contributed by atoms with Gasteiger partial charge in [-0.05, 0) is 49.1 Å². The van der Waals surface area contributed by atoms with Crippen LogP contribution in [0.15, 0.2) is 42.7 Å². The highest BCUT2D eigenvalue weighted by Crippen LogP contribution is 2.38. The summed E-state index contributed by atoms with van der Waals surface area (Å²) in [5.41, 5.74) is 6.53. The van der Waals surface area contributed by atoms with Gasteiger partial charge in [-0.25, -0.2) is 19.0 Å². The second-order valence-corrected chi connectivity index (χ2v) is 10.7. The maximum Gasteiger partial charge on any atom is 0.416 e. The zero-order valence-corrected chi connectivity index (χ0v) is 23.4. The van der Waals surface area contributed by atoms with Crippen molar-refractivity contribution in [3.63, 3.8) is 0 Å². The number of nitrogens with one attached hydrogen (secondary N) is 1. The summed E-state index contributed by atoms with van der Waals surface area (Å²) in [5.74, 6) is -1.13. The van der Waals surface area contributed by atoms with E-state index in [1.807, 2.05) is 4.68 Å². The van der Waals surface area contributed by atoms with E-state index in [9.17, 15) is 22.4 Å². The van der Waals surface area contributed by atoms with Gasteiger partial charge in [-0.15, -0.1) is 0 Å². The van der Waals surface area contributed by atoms with Gasteiger partial charge in [0.1, 0.15) is 29.4 Å². The average molecular weight is 586 g/mol. The molecule has 1 aliphatic rings. The lowest BCUT2D eigenvalue weighted by Gasteiger charge is -2.33. The Bertz CT molecular complexity index is 1610. The van der Waals surface area contributed by atoms with Gasteiger partial charge < -0.3 is 20.7 Å². The quantitative estimate of drug-likeness (QED) is 0.264. The third-order valence-corrected chi connectivity index (χ3v) is 7.31. The molecule has 1 aliphatic heterocycles. The Hall–Kier alpha value is -4.26. The summed E-state index contributed by atoms with van der Waals surface area (Å²) >= 11 is 0. The number of halogens is 4. The molecular weight excluding hydrogens is 554 g/mol. The molecule has 4 aromatic rings. The molecule has 13 heteroatoms. The number of ether oxygens (including phenoxy) is 1. The van der Waals surface area contributed by atoms with Crippen molar-refractivity contribution < 1.29 is 27.1 Å². The largest absolute Gasteiger partial charge is 0.495 e. The molecule has 222 valence electrons. The predicted molar refractivity (Wildman–Crippen MR) is 151 cm³/mol. The van der Waals surface area contributed by atoms with Crippen molar-refractivity contribution in [3.05, 3.63) is 59.7 Å². The van der Waals surface area contributed by atoms with Crippen molar-refractivity contribution in [2.75, 3.05) is 37.8 Å². The fourth-order valence-electron chi connectivity index (χ4n) is 5.32. The van der Waals surface area contributed by atoms with E-state index in [1.165, 1.54) is 13.4 Å². The fraction of sp³-hybridized carbons (Fsp3) is 0.379. The minimum absolute atomic E-state index is 0.123. The number of nitrogen functional groups attached to an aromatic ring is 1. The number of alkyl halides is 3. The number of benzene rings is 2. The first-order valence-electron chi connectivity index (χ1n) is 13.5. The highest BCUT2D eigenvalue weighted by molar-refractivity contribution is 6.06. The van der Waals surface area contributed by atoms with Crippen LogP contribution in [-0.2, 0) is 6.18 Å². The molecule has 0 spiro atoms. The smallest absolute Gasteiger partial charge is 0.416 e. The Morgan fingerprint density at radius 2 is 1.88 bits per heavy atom. The van der Waals surface area contributed by atoms with Crippen molar-refractivity contribution in [1.82, 2.24) is 24.6 Å². The Kier molecular flexibility index (Phi) is 8.04. The van der Waals surface area contributed by atoms with E-state index in [1.54, 1.807) is 18.2 Å². The third kappa shape index (κ3) is 5.87. The summed E-state index contributed by atoms with van der Waals surface area (Å²) in [6, 6.07) is 6.73. The van der Waals surface area contributed by atoms with Gasteiger partial charge in [0.25, 0.3) is 5.91 Å². The molecule has 9 nitrogen and oxygen atoms in total. The zero-order chi connectivity index (χ0) is 30.2. The number of carbonyl (C=O) groups excluding carboxylic acids is 1. The molecular formula is C29H31F4N7O2. The van der Waals surface area contributed by atoms with E-state index >= 15 is 0 Å². The van der Waals surface area contributed by atoms with E-state index in [0.717, 1.165) is 38.5 Å². The Labute approximate surface area is 239 Å². The number of methoxy groups -OCH3 is 1. The van der Waals surface area contributed by atoms with Crippen LogP contribution in [0.5, 0.6) is 5.75 Å². The van der Waals surface area contributed by atoms with Crippen LogP contribution in [0, 0.1) is 11.7 Å². The first-order valence-corrected chi connectivity index (χ1v) is 13.5. The number of likely N-dealkylation sites (tertiary alicyclic amines) is 1. The van der Waals surface area contributed by atoms with Crippen molar-refractivity contribution in [3.8, 4) is 17.0 Å². The second kappa shape index (κ2) is 11.6. The van der Waals surface area contributed by atoms with Crippen LogP contribution < -0.4 is 15.8 Å². The number of piperidine rings is 1. The maximum atomic E-state index is 14.4. The summed E-state index contributed by atoms with van der Waals surface area (Å²) in [6.45, 7) is 7.35. The molecule has 3 N–H and O–H groups in total. The molecule has 2 aromatic carbocycles. The van der Waals surface area contributed by atoms with Gasteiger partial charge in [0.05, 0.1) is 35.4 Å². The van der Waals surface area contributed by atoms with Crippen LogP contribution in [0.4, 0.5) is 29.1 Å². The summed E-state index contributed by atoms with van der Waals surface area (Å²) in [7, 11) is 1.40. The lowest BCUT2D eigenvalue weighted by Crippen LogP contribution is -2.37. The Morgan fingerprint density at radius 3 is 2.52 bits per heavy atom. The standard InChI is InChI=1S/C29H31F4N7O2/c1-16(2)14-39-10-8-19(9-11-39)40-27-24(26(34)35-15-36-27)25(38-40)17-4-7-22(23(12-17)42-3)37-28(41)20-6-5-18(13-21(20)30)29(31,32)33/h4-7,12-13,15-16,19H,8-11,14H2,1-3H3,(H,37,41)(H2,34,35,36). The summed E-state index contributed by atoms with van der Waals surface area (Å²) in [4.78, 5) is 23.9. The van der Waals surface area contributed by atoms with Gasteiger partial charge in [0.15, 0.2) is 5.65 Å². The van der Waals surface area contributed by atoms with Crippen LogP contribution in [-0.4, -0.2) is 57.3 Å². The lowest BCUT2D eigenvalue weighted by atomic mass is 10.0. The van der Waals surface area contributed by atoms with Gasteiger partial charge in [0, 0.05) is 25.2 Å². The van der Waals surface area contributed by atoms with E-state index in [2.05, 4.69) is 34.0 Å². The van der Waals surface area contributed by atoms with Crippen LogP contribution in [0.3, 0.4) is 0 Å². The number of nitrogens with zero attached hydrogens (tertiary/aromatic N) is 5. The molecule has 0 aliphatic carbocycles. The molecule has 5 rings (SSSR count). The van der Waals surface area contributed by atoms with Gasteiger partial charge in [-0.3, -0.25) is 4.79 Å². The normalized spacial score (nSPS) is 15.0. The van der Waals surface area contributed by atoms with Gasteiger partial charge in [-0.2, -0.15) is 18.3 Å². The summed E-state index contributed by atoms with van der Waals surface area (Å²) in [5, 5.41) is 8.02. The summed E-state index contributed by atoms with van der Waals surface area (Å²) in [6.07, 6.45) is -1.51. The lowest BCUT2D eigenvalue weighted by molar-refractivity contribution is -0.137. The minimum atomic E-state index is -4.73. The number of nitrogens with two attached hydrogens (primary N) is 1. The Morgan fingerprint density at radius 1 is 1.14 bits per heavy atom. The van der Waals surface area contributed by atoms with Gasteiger partial charge >= 0.3 is 6.18 Å². The average Bonchev–Trinajstić information content (AvgIpc) is 3.34. The number of carbonyl (C=O) groups is 1. The molecule has 0 saturated carbocycles. The molecule has 0 atom stereocenters. The molecule has 0 bridgehead atoms. The molecule has 2 aromatic heterocycles. The van der Waals surface area contributed by atoms with E-state index in [0.29, 0.717) is 34.3 Å². The SMILES string of the molecule is COc1cc(-c2nn(C3CCN(CC(C)C)CC3)c3ncnc(N)c23)ccc1NC(=O)c1ccc(C(F)(F)F)cc1F.